The van der Waals surface area contributed by atoms with Gasteiger partial charge in [-0.2, -0.15) is 18.3 Å². The summed E-state index contributed by atoms with van der Waals surface area (Å²) in [6, 6.07) is 3.80. The second-order valence-electron chi connectivity index (χ2n) is 6.17. The van der Waals surface area contributed by atoms with Gasteiger partial charge >= 0.3 is 6.18 Å². The monoisotopic (exact) mass is 418 g/mol. The third-order valence-electron chi connectivity index (χ3n) is 4.13. The molecule has 3 rings (SSSR count). The molecule has 1 saturated carbocycles. The number of hydrogen-bond acceptors (Lipinski definition) is 5. The molecule has 8 nitrogen and oxygen atoms in total. The van der Waals surface area contributed by atoms with Crippen LogP contribution in [0.3, 0.4) is 0 Å². The summed E-state index contributed by atoms with van der Waals surface area (Å²) < 4.78 is 45.0. The van der Waals surface area contributed by atoms with Crippen molar-refractivity contribution in [3.8, 4) is 5.75 Å². The van der Waals surface area contributed by atoms with Gasteiger partial charge in [-0.1, -0.05) is 11.6 Å². The molecule has 0 bridgehead atoms. The molecular formula is C16H14ClF3N4O4. The van der Waals surface area contributed by atoms with Crippen LogP contribution in [-0.2, 0) is 17.5 Å². The summed E-state index contributed by atoms with van der Waals surface area (Å²) in [7, 11) is 1.33. The van der Waals surface area contributed by atoms with Crippen molar-refractivity contribution in [3.63, 3.8) is 0 Å². The molecule has 1 aromatic heterocycles. The average Bonchev–Trinajstić information content (AvgIpc) is 3.38. The van der Waals surface area contributed by atoms with Crippen LogP contribution in [0.2, 0.25) is 5.02 Å². The van der Waals surface area contributed by atoms with Gasteiger partial charge in [0.2, 0.25) is 5.91 Å². The Hall–Kier alpha value is -2.82. The number of rotatable bonds is 6. The van der Waals surface area contributed by atoms with Crippen molar-refractivity contribution < 1.29 is 27.6 Å². The molecule has 1 aliphatic rings. The fraction of sp³-hybridized carbons (Fsp3) is 0.375. The van der Waals surface area contributed by atoms with Gasteiger partial charge in [-0.25, -0.2) is 0 Å². The zero-order valence-electron chi connectivity index (χ0n) is 14.4. The summed E-state index contributed by atoms with van der Waals surface area (Å²) in [4.78, 5) is 22.8. The minimum atomic E-state index is -4.75. The summed E-state index contributed by atoms with van der Waals surface area (Å²) in [5.41, 5.74) is -1.63. The van der Waals surface area contributed by atoms with Crippen LogP contribution in [0.25, 0.3) is 0 Å². The number of alkyl halides is 3. The van der Waals surface area contributed by atoms with Gasteiger partial charge in [0, 0.05) is 5.92 Å². The van der Waals surface area contributed by atoms with Crippen LogP contribution in [0.15, 0.2) is 18.2 Å². The standard InChI is InChI=1S/C16H14ClF3N4O4/c1-28-9-4-5-10(11(6-9)24(26)27)21-12(25)7-23-14(8-2-3-8)13(17)15(22-23)16(18,19)20/h4-6,8H,2-3,7H2,1H3,(H,21,25). The van der Waals surface area contributed by atoms with Gasteiger partial charge in [-0.3, -0.25) is 19.6 Å². The van der Waals surface area contributed by atoms with Crippen LogP contribution in [0.5, 0.6) is 5.75 Å². The molecule has 0 spiro atoms. The van der Waals surface area contributed by atoms with Gasteiger partial charge in [-0.05, 0) is 25.0 Å². The van der Waals surface area contributed by atoms with E-state index >= 15 is 0 Å². The van der Waals surface area contributed by atoms with Gasteiger partial charge in [-0.15, -0.1) is 0 Å². The highest BCUT2D eigenvalue weighted by molar-refractivity contribution is 6.32. The molecule has 0 unspecified atom stereocenters. The normalized spacial score (nSPS) is 14.0. The zero-order chi connectivity index (χ0) is 20.6. The van der Waals surface area contributed by atoms with Crippen LogP contribution in [0.1, 0.15) is 30.1 Å². The molecule has 1 aromatic carbocycles. The summed E-state index contributed by atoms with van der Waals surface area (Å²) in [6.45, 7) is -0.565. The first-order valence-corrected chi connectivity index (χ1v) is 8.45. The maximum absolute atomic E-state index is 13.1. The molecular weight excluding hydrogens is 405 g/mol. The van der Waals surface area contributed by atoms with Gasteiger partial charge in [0.05, 0.1) is 28.8 Å². The van der Waals surface area contributed by atoms with Crippen molar-refractivity contribution in [1.82, 2.24) is 9.78 Å². The van der Waals surface area contributed by atoms with Crippen molar-refractivity contribution in [2.24, 2.45) is 0 Å². The Bertz CT molecular complexity index is 941. The van der Waals surface area contributed by atoms with Crippen molar-refractivity contribution in [2.75, 3.05) is 12.4 Å². The summed E-state index contributed by atoms with van der Waals surface area (Å²) in [5, 5.41) is 16.4. The van der Waals surface area contributed by atoms with Crippen molar-refractivity contribution in [1.29, 1.82) is 0 Å². The lowest BCUT2D eigenvalue weighted by molar-refractivity contribution is -0.384. The molecule has 1 N–H and O–H groups in total. The van der Waals surface area contributed by atoms with Crippen LogP contribution < -0.4 is 10.1 Å². The van der Waals surface area contributed by atoms with Crippen molar-refractivity contribution in [3.05, 3.63) is 44.7 Å². The molecule has 12 heteroatoms. The van der Waals surface area contributed by atoms with Crippen LogP contribution in [-0.4, -0.2) is 27.7 Å². The Morgan fingerprint density at radius 3 is 2.68 bits per heavy atom. The number of ether oxygens (including phenoxy) is 1. The van der Waals surface area contributed by atoms with E-state index in [-0.39, 0.29) is 23.0 Å². The highest BCUT2D eigenvalue weighted by atomic mass is 35.5. The summed E-state index contributed by atoms with van der Waals surface area (Å²) in [6.07, 6.45) is -3.46. The topological polar surface area (TPSA) is 99.3 Å². The van der Waals surface area contributed by atoms with E-state index in [1.165, 1.54) is 19.2 Å². The highest BCUT2D eigenvalue weighted by Gasteiger charge is 2.42. The number of hydrogen-bond donors (Lipinski definition) is 1. The number of methoxy groups -OCH3 is 1. The Morgan fingerprint density at radius 1 is 1.46 bits per heavy atom. The fourth-order valence-corrected chi connectivity index (χ4v) is 3.12. The van der Waals surface area contributed by atoms with E-state index < -0.39 is 40.0 Å². The molecule has 28 heavy (non-hydrogen) atoms. The Balaban J connectivity index is 1.86. The predicted molar refractivity (Wildman–Crippen MR) is 92.5 cm³/mol. The molecule has 150 valence electrons. The maximum atomic E-state index is 13.1. The van der Waals surface area contributed by atoms with E-state index in [0.29, 0.717) is 12.8 Å². The van der Waals surface area contributed by atoms with Gasteiger partial charge in [0.25, 0.3) is 5.69 Å². The van der Waals surface area contributed by atoms with Gasteiger partial charge < -0.3 is 10.1 Å². The lowest BCUT2D eigenvalue weighted by atomic mass is 10.2. The minimum Gasteiger partial charge on any atom is -0.496 e. The van der Waals surface area contributed by atoms with E-state index in [0.717, 1.165) is 10.7 Å². The lowest BCUT2D eigenvalue weighted by Crippen LogP contribution is -2.21. The number of benzene rings is 1. The SMILES string of the molecule is COc1ccc(NC(=O)Cn2nc(C(F)(F)F)c(Cl)c2C2CC2)c([N+](=O)[O-])c1. The van der Waals surface area contributed by atoms with Gasteiger partial charge in [0.1, 0.15) is 18.0 Å². The van der Waals surface area contributed by atoms with Crippen molar-refractivity contribution >= 4 is 28.9 Å². The Kier molecular flexibility index (Phi) is 5.20. The Labute approximate surface area is 161 Å². The largest absolute Gasteiger partial charge is 0.496 e. The summed E-state index contributed by atoms with van der Waals surface area (Å²) in [5.74, 6) is -0.753. The third-order valence-corrected chi connectivity index (χ3v) is 4.51. The number of nitrogens with one attached hydrogen (secondary N) is 1. The van der Waals surface area contributed by atoms with Crippen LogP contribution in [0.4, 0.5) is 24.5 Å². The van der Waals surface area contributed by atoms with Crippen LogP contribution >= 0.6 is 11.6 Å². The molecule has 0 saturated heterocycles. The van der Waals surface area contributed by atoms with E-state index in [1.54, 1.807) is 0 Å². The molecule has 0 radical (unpaired) electrons. The predicted octanol–water partition coefficient (Wildman–Crippen LogP) is 3.99. The van der Waals surface area contributed by atoms with E-state index in [1.807, 2.05) is 0 Å². The molecule has 0 aliphatic heterocycles. The van der Waals surface area contributed by atoms with E-state index in [9.17, 15) is 28.1 Å². The molecule has 2 aromatic rings. The molecule has 1 heterocycles. The van der Waals surface area contributed by atoms with E-state index in [4.69, 9.17) is 16.3 Å². The fourth-order valence-electron chi connectivity index (χ4n) is 2.72. The first-order valence-electron chi connectivity index (χ1n) is 8.07. The molecule has 1 fully saturated rings. The number of carbonyl (C=O) groups excluding carboxylic acids is 1. The molecule has 0 atom stereocenters. The van der Waals surface area contributed by atoms with Crippen molar-refractivity contribution in [2.45, 2.75) is 31.5 Å². The first kappa shape index (κ1) is 19.9. The zero-order valence-corrected chi connectivity index (χ0v) is 15.2. The first-order chi connectivity index (χ1) is 13.1. The number of amides is 1. The van der Waals surface area contributed by atoms with E-state index in [2.05, 4.69) is 10.4 Å². The molecule has 1 amide bonds. The number of carbonyl (C=O) groups is 1. The number of nitro benzene ring substituents is 1. The highest BCUT2D eigenvalue weighted by Crippen LogP contribution is 2.46. The number of nitrogens with zero attached hydrogens (tertiary/aromatic N) is 3. The summed E-state index contributed by atoms with van der Waals surface area (Å²) >= 11 is 5.85. The Morgan fingerprint density at radius 2 is 2.14 bits per heavy atom. The maximum Gasteiger partial charge on any atom is 0.436 e. The number of anilines is 1. The quantitative estimate of drug-likeness (QED) is 0.565. The average molecular weight is 419 g/mol. The number of aromatic nitrogens is 2. The molecule has 1 aliphatic carbocycles. The minimum absolute atomic E-state index is 0.113. The number of halogens is 4. The third kappa shape index (κ3) is 4.03. The smallest absolute Gasteiger partial charge is 0.436 e. The van der Waals surface area contributed by atoms with Crippen LogP contribution in [0, 0.1) is 10.1 Å². The van der Waals surface area contributed by atoms with Gasteiger partial charge in [0.15, 0.2) is 5.69 Å². The second-order valence-corrected chi connectivity index (χ2v) is 6.54. The number of nitro groups is 1. The lowest BCUT2D eigenvalue weighted by Gasteiger charge is -2.09. The second kappa shape index (κ2) is 7.30.